The molecule has 0 bridgehead atoms. The van der Waals surface area contributed by atoms with Crippen LogP contribution in [0.5, 0.6) is 0 Å². The molecular weight excluding hydrogens is 272 g/mol. The van der Waals surface area contributed by atoms with Crippen LogP contribution in [-0.4, -0.2) is 17.4 Å². The molecule has 0 aromatic heterocycles. The van der Waals surface area contributed by atoms with Gasteiger partial charge in [0.05, 0.1) is 11.6 Å². The fourth-order valence-electron chi connectivity index (χ4n) is 2.54. The third-order valence-electron chi connectivity index (χ3n) is 3.72. The van der Waals surface area contributed by atoms with Crippen LogP contribution in [0.4, 0.5) is 0 Å². The molecule has 106 valence electrons. The van der Waals surface area contributed by atoms with Gasteiger partial charge in [-0.05, 0) is 35.7 Å². The maximum Gasteiger partial charge on any atom is 0.299 e. The first-order valence-corrected chi connectivity index (χ1v) is 7.14. The van der Waals surface area contributed by atoms with Crippen LogP contribution in [0.1, 0.15) is 22.3 Å². The Labute approximate surface area is 129 Å². The zero-order valence-electron chi connectivity index (χ0n) is 12.0. The first-order chi connectivity index (χ1) is 10.8. The van der Waals surface area contributed by atoms with Gasteiger partial charge in [0.1, 0.15) is 0 Å². The lowest BCUT2D eigenvalue weighted by Gasteiger charge is -2.27. The molecule has 1 amide bonds. The van der Waals surface area contributed by atoms with E-state index >= 15 is 0 Å². The van der Waals surface area contributed by atoms with Gasteiger partial charge in [0.2, 0.25) is 0 Å². The summed E-state index contributed by atoms with van der Waals surface area (Å²) < 4.78 is 0. The van der Waals surface area contributed by atoms with Crippen LogP contribution in [0.15, 0.2) is 48.5 Å². The van der Waals surface area contributed by atoms with Gasteiger partial charge in [-0.2, -0.15) is 5.26 Å². The highest BCUT2D eigenvalue weighted by atomic mass is 16.2. The summed E-state index contributed by atoms with van der Waals surface area (Å²) in [7, 11) is 0. The van der Waals surface area contributed by atoms with Crippen molar-refractivity contribution in [3.05, 3.63) is 70.8 Å². The number of carbonyl (C=O) groups is 1. The molecule has 0 unspecified atom stereocenters. The summed E-state index contributed by atoms with van der Waals surface area (Å²) in [6, 6.07) is 17.2. The number of hydrogen-bond donors (Lipinski definition) is 0. The second-order valence-electron chi connectivity index (χ2n) is 5.19. The quantitative estimate of drug-likeness (QED) is 0.698. The Bertz CT molecular complexity index is 821. The van der Waals surface area contributed by atoms with Gasteiger partial charge in [0, 0.05) is 24.6 Å². The largest absolute Gasteiger partial charge is 0.327 e. The van der Waals surface area contributed by atoms with Crippen molar-refractivity contribution in [1.82, 2.24) is 4.90 Å². The summed E-state index contributed by atoms with van der Waals surface area (Å²) in [4.78, 5) is 14.0. The van der Waals surface area contributed by atoms with E-state index in [-0.39, 0.29) is 5.91 Å². The Balaban J connectivity index is 1.74. The smallest absolute Gasteiger partial charge is 0.299 e. The van der Waals surface area contributed by atoms with Crippen molar-refractivity contribution in [3.63, 3.8) is 0 Å². The molecule has 0 saturated heterocycles. The van der Waals surface area contributed by atoms with E-state index in [1.807, 2.05) is 12.1 Å². The van der Waals surface area contributed by atoms with Crippen LogP contribution < -0.4 is 0 Å². The number of fused-ring (bicyclic) bond motifs is 1. The van der Waals surface area contributed by atoms with Crippen LogP contribution in [0, 0.1) is 23.2 Å². The highest BCUT2D eigenvalue weighted by Crippen LogP contribution is 2.18. The second-order valence-corrected chi connectivity index (χ2v) is 5.19. The van der Waals surface area contributed by atoms with Gasteiger partial charge in [-0.1, -0.05) is 36.3 Å². The van der Waals surface area contributed by atoms with Gasteiger partial charge < -0.3 is 4.90 Å². The summed E-state index contributed by atoms with van der Waals surface area (Å²) in [5.41, 5.74) is 3.73. The molecule has 22 heavy (non-hydrogen) atoms. The first-order valence-electron chi connectivity index (χ1n) is 7.14. The number of hydrogen-bond acceptors (Lipinski definition) is 2. The van der Waals surface area contributed by atoms with Crippen molar-refractivity contribution in [1.29, 1.82) is 5.26 Å². The molecular formula is C19H14N2O. The molecule has 1 heterocycles. The maximum absolute atomic E-state index is 12.2. The zero-order chi connectivity index (χ0) is 15.4. The lowest BCUT2D eigenvalue weighted by molar-refractivity contribution is -0.125. The Hall–Kier alpha value is -3.04. The van der Waals surface area contributed by atoms with E-state index in [2.05, 4.69) is 30.0 Å². The third-order valence-corrected chi connectivity index (χ3v) is 3.72. The molecule has 0 saturated carbocycles. The molecule has 0 radical (unpaired) electrons. The van der Waals surface area contributed by atoms with Crippen LogP contribution in [0.3, 0.4) is 0 Å². The van der Waals surface area contributed by atoms with Crippen LogP contribution >= 0.6 is 0 Å². The summed E-state index contributed by atoms with van der Waals surface area (Å²) in [6.07, 6.45) is 0.869. The molecule has 0 fully saturated rings. The number of nitriles is 1. The van der Waals surface area contributed by atoms with Gasteiger partial charge in [-0.3, -0.25) is 4.79 Å². The molecule has 3 rings (SSSR count). The van der Waals surface area contributed by atoms with E-state index in [1.54, 1.807) is 29.2 Å². The summed E-state index contributed by atoms with van der Waals surface area (Å²) >= 11 is 0. The standard InChI is InChI=1S/C19H14N2O/c20-13-16-5-3-4-15(12-16)8-9-19(22)21-11-10-17-6-1-2-7-18(17)14-21/h1-7,12H,10-11,14H2. The SMILES string of the molecule is N#Cc1cccc(C#CC(=O)N2CCc3ccccc3C2)c1. The predicted molar refractivity (Wildman–Crippen MR) is 83.6 cm³/mol. The van der Waals surface area contributed by atoms with Gasteiger partial charge in [0.15, 0.2) is 0 Å². The Morgan fingerprint density at radius 1 is 1.05 bits per heavy atom. The Morgan fingerprint density at radius 3 is 2.64 bits per heavy atom. The number of benzene rings is 2. The third kappa shape index (κ3) is 3.00. The minimum Gasteiger partial charge on any atom is -0.327 e. The van der Waals surface area contributed by atoms with E-state index in [0.717, 1.165) is 6.42 Å². The van der Waals surface area contributed by atoms with Crippen molar-refractivity contribution >= 4 is 5.91 Å². The molecule has 0 atom stereocenters. The van der Waals surface area contributed by atoms with Gasteiger partial charge >= 0.3 is 0 Å². The van der Waals surface area contributed by atoms with E-state index < -0.39 is 0 Å². The van der Waals surface area contributed by atoms with E-state index in [4.69, 9.17) is 5.26 Å². The maximum atomic E-state index is 12.2. The fourth-order valence-corrected chi connectivity index (χ4v) is 2.54. The Morgan fingerprint density at radius 2 is 1.82 bits per heavy atom. The predicted octanol–water partition coefficient (Wildman–Crippen LogP) is 2.49. The van der Waals surface area contributed by atoms with E-state index in [9.17, 15) is 4.79 Å². The number of nitrogens with zero attached hydrogens (tertiary/aromatic N) is 2. The first kappa shape index (κ1) is 13.9. The molecule has 2 aromatic rings. The molecule has 0 aliphatic carbocycles. The van der Waals surface area contributed by atoms with Crippen LogP contribution in [0.25, 0.3) is 0 Å². The van der Waals surface area contributed by atoms with Crippen molar-refractivity contribution in [2.24, 2.45) is 0 Å². The summed E-state index contributed by atoms with van der Waals surface area (Å²) in [5, 5.41) is 8.86. The summed E-state index contributed by atoms with van der Waals surface area (Å²) in [5.74, 6) is 5.36. The van der Waals surface area contributed by atoms with E-state index in [1.165, 1.54) is 11.1 Å². The molecule has 1 aliphatic rings. The lowest BCUT2D eigenvalue weighted by atomic mass is 10.00. The molecule has 0 N–H and O–H groups in total. The van der Waals surface area contributed by atoms with Gasteiger partial charge in [0.25, 0.3) is 5.91 Å². The molecule has 2 aromatic carbocycles. The van der Waals surface area contributed by atoms with Crippen LogP contribution in [0.2, 0.25) is 0 Å². The van der Waals surface area contributed by atoms with Crippen molar-refractivity contribution in [2.45, 2.75) is 13.0 Å². The number of amides is 1. The minimum absolute atomic E-state index is 0.170. The van der Waals surface area contributed by atoms with Gasteiger partial charge in [-0.25, -0.2) is 0 Å². The topological polar surface area (TPSA) is 44.1 Å². The minimum atomic E-state index is -0.170. The van der Waals surface area contributed by atoms with E-state index in [0.29, 0.717) is 24.2 Å². The van der Waals surface area contributed by atoms with Crippen LogP contribution in [-0.2, 0) is 17.8 Å². The lowest BCUT2D eigenvalue weighted by Crippen LogP contribution is -2.35. The zero-order valence-corrected chi connectivity index (χ0v) is 12.0. The number of carbonyl (C=O) groups excluding carboxylic acids is 1. The van der Waals surface area contributed by atoms with Crippen molar-refractivity contribution in [2.75, 3.05) is 6.54 Å². The monoisotopic (exact) mass is 286 g/mol. The van der Waals surface area contributed by atoms with Crippen molar-refractivity contribution in [3.8, 4) is 17.9 Å². The number of rotatable bonds is 0. The highest BCUT2D eigenvalue weighted by Gasteiger charge is 2.18. The Kier molecular flexibility index (Phi) is 3.90. The van der Waals surface area contributed by atoms with Crippen molar-refractivity contribution < 1.29 is 4.79 Å². The summed E-state index contributed by atoms with van der Waals surface area (Å²) in [6.45, 7) is 1.31. The molecule has 1 aliphatic heterocycles. The molecule has 0 spiro atoms. The average Bonchev–Trinajstić information content (AvgIpc) is 2.59. The highest BCUT2D eigenvalue weighted by molar-refractivity contribution is 5.94. The second kappa shape index (κ2) is 6.16. The normalized spacial score (nSPS) is 12.6. The van der Waals surface area contributed by atoms with Gasteiger partial charge in [-0.15, -0.1) is 0 Å². The fraction of sp³-hybridized carbons (Fsp3) is 0.158. The average molecular weight is 286 g/mol. The molecule has 3 nitrogen and oxygen atoms in total. The molecule has 3 heteroatoms.